The zero-order valence-corrected chi connectivity index (χ0v) is 28.9. The Balaban J connectivity index is 4.02. The van der Waals surface area contributed by atoms with Gasteiger partial charge in [0.15, 0.2) is 0 Å². The summed E-state index contributed by atoms with van der Waals surface area (Å²) in [6.07, 6.45) is 27.5. The third kappa shape index (κ3) is 35.6. The molecule has 1 N–H and O–H groups in total. The van der Waals surface area contributed by atoms with Crippen molar-refractivity contribution in [2.24, 2.45) is 0 Å². The van der Waals surface area contributed by atoms with E-state index in [1.807, 2.05) is 0 Å². The molecule has 0 saturated carbocycles. The molecule has 0 radical (unpaired) electrons. The van der Waals surface area contributed by atoms with Crippen LogP contribution in [0, 0.1) is 0 Å². The number of hydrogen-bond acceptors (Lipinski definition) is 6. The zero-order chi connectivity index (χ0) is 31.3. The van der Waals surface area contributed by atoms with E-state index in [2.05, 4.69) is 19.2 Å². The summed E-state index contributed by atoms with van der Waals surface area (Å²) in [5.41, 5.74) is 0. The van der Waals surface area contributed by atoms with Gasteiger partial charge in [-0.15, -0.1) is 0 Å². The van der Waals surface area contributed by atoms with E-state index in [9.17, 15) is 4.79 Å². The third-order valence-electron chi connectivity index (χ3n) is 7.79. The maximum atomic E-state index is 12.1. The van der Waals surface area contributed by atoms with E-state index in [0.29, 0.717) is 52.6 Å². The van der Waals surface area contributed by atoms with Gasteiger partial charge in [0, 0.05) is 39.9 Å². The zero-order valence-electron chi connectivity index (χ0n) is 28.9. The number of amides is 1. The summed E-state index contributed by atoms with van der Waals surface area (Å²) in [5, 5.41) is 2.93. The van der Waals surface area contributed by atoms with Crippen molar-refractivity contribution in [2.75, 3.05) is 66.5 Å². The van der Waals surface area contributed by atoms with Gasteiger partial charge in [-0.1, -0.05) is 129 Å². The lowest BCUT2D eigenvalue weighted by Gasteiger charge is -2.18. The van der Waals surface area contributed by atoms with Gasteiger partial charge in [0.1, 0.15) is 6.10 Å². The van der Waals surface area contributed by atoms with Gasteiger partial charge >= 0.3 is 0 Å². The van der Waals surface area contributed by atoms with E-state index in [-0.39, 0.29) is 12.0 Å². The highest BCUT2D eigenvalue weighted by atomic mass is 16.6. The highest BCUT2D eigenvalue weighted by Gasteiger charge is 2.11. The molecule has 1 amide bonds. The fourth-order valence-electron chi connectivity index (χ4n) is 5.00. The van der Waals surface area contributed by atoms with Gasteiger partial charge in [-0.25, -0.2) is 0 Å². The van der Waals surface area contributed by atoms with Crippen molar-refractivity contribution >= 4 is 5.91 Å². The molecule has 258 valence electrons. The first-order valence-corrected chi connectivity index (χ1v) is 18.3. The number of hydrogen-bond donors (Lipinski definition) is 1. The highest BCUT2D eigenvalue weighted by molar-refractivity contribution is 5.75. The molecule has 0 aliphatic rings. The molecule has 0 rings (SSSR count). The van der Waals surface area contributed by atoms with E-state index in [1.54, 1.807) is 7.11 Å². The van der Waals surface area contributed by atoms with Crippen molar-refractivity contribution < 1.29 is 28.5 Å². The van der Waals surface area contributed by atoms with Crippen molar-refractivity contribution in [1.29, 1.82) is 0 Å². The predicted octanol–water partition coefficient (Wildman–Crippen LogP) is 8.81. The lowest BCUT2D eigenvalue weighted by molar-refractivity contribution is -0.123. The normalized spacial score (nSPS) is 12.2. The molecule has 0 unspecified atom stereocenters. The van der Waals surface area contributed by atoms with Crippen molar-refractivity contribution in [2.45, 2.75) is 161 Å². The molecule has 0 aromatic heterocycles. The second-order valence-corrected chi connectivity index (χ2v) is 12.1. The number of carbonyl (C=O) groups is 1. The Labute approximate surface area is 267 Å². The first kappa shape index (κ1) is 42.3. The monoisotopic (exact) mass is 616 g/mol. The minimum Gasteiger partial charge on any atom is -0.382 e. The molecule has 43 heavy (non-hydrogen) atoms. The Morgan fingerprint density at radius 2 is 0.977 bits per heavy atom. The maximum absolute atomic E-state index is 12.1. The Morgan fingerprint density at radius 1 is 0.512 bits per heavy atom. The van der Waals surface area contributed by atoms with Crippen LogP contribution in [-0.2, 0) is 28.5 Å². The van der Waals surface area contributed by atoms with Gasteiger partial charge in [-0.3, -0.25) is 4.79 Å². The van der Waals surface area contributed by atoms with E-state index >= 15 is 0 Å². The maximum Gasteiger partial charge on any atom is 0.222 e. The van der Waals surface area contributed by atoms with Crippen molar-refractivity contribution in [3.05, 3.63) is 0 Å². The first-order valence-electron chi connectivity index (χ1n) is 18.3. The third-order valence-corrected chi connectivity index (χ3v) is 7.79. The second-order valence-electron chi connectivity index (χ2n) is 12.1. The van der Waals surface area contributed by atoms with Crippen LogP contribution in [0.25, 0.3) is 0 Å². The smallest absolute Gasteiger partial charge is 0.222 e. The summed E-state index contributed by atoms with van der Waals surface area (Å²) >= 11 is 0. The molecule has 0 heterocycles. The van der Waals surface area contributed by atoms with Crippen LogP contribution in [0.3, 0.4) is 0 Å². The molecule has 7 heteroatoms. The summed E-state index contributed by atoms with van der Waals surface area (Å²) in [4.78, 5) is 12.1. The van der Waals surface area contributed by atoms with Gasteiger partial charge in [0.25, 0.3) is 0 Å². The summed E-state index contributed by atoms with van der Waals surface area (Å²) in [7, 11) is 1.66. The lowest BCUT2D eigenvalue weighted by atomic mass is 10.1. The fraction of sp³-hybridized carbons (Fsp3) is 0.972. The standard InChI is InChI=1S/C36H73NO6/c1-4-6-8-10-12-14-16-18-20-22-27-41-33-35(43-29-23-21-19-17-15-13-11-9-7-5-2)34-42-30-25-36(38)37-26-24-28-40-32-31-39-3/h35H,4-34H2,1-3H3,(H,37,38)/t35-/m0/s1. The van der Waals surface area contributed by atoms with Crippen LogP contribution < -0.4 is 5.32 Å². The lowest BCUT2D eigenvalue weighted by Crippen LogP contribution is -2.29. The van der Waals surface area contributed by atoms with E-state index in [0.717, 1.165) is 32.5 Å². The van der Waals surface area contributed by atoms with Crippen LogP contribution in [-0.4, -0.2) is 78.5 Å². The largest absolute Gasteiger partial charge is 0.382 e. The summed E-state index contributed by atoms with van der Waals surface area (Å²) in [6.45, 7) is 9.92. The Hall–Kier alpha value is -0.730. The minimum absolute atomic E-state index is 0.0110. The van der Waals surface area contributed by atoms with E-state index in [4.69, 9.17) is 23.7 Å². The highest BCUT2D eigenvalue weighted by Crippen LogP contribution is 2.12. The van der Waals surface area contributed by atoms with Gasteiger partial charge < -0.3 is 29.0 Å². The molecule has 0 aliphatic carbocycles. The van der Waals surface area contributed by atoms with Gasteiger partial charge in [0.2, 0.25) is 5.91 Å². The predicted molar refractivity (Wildman–Crippen MR) is 180 cm³/mol. The number of nitrogens with one attached hydrogen (secondary N) is 1. The van der Waals surface area contributed by atoms with Crippen molar-refractivity contribution in [1.82, 2.24) is 5.32 Å². The molecular weight excluding hydrogens is 542 g/mol. The topological polar surface area (TPSA) is 75.3 Å². The summed E-state index contributed by atoms with van der Waals surface area (Å²) < 4.78 is 28.4. The van der Waals surface area contributed by atoms with Crippen LogP contribution in [0.2, 0.25) is 0 Å². The van der Waals surface area contributed by atoms with E-state index in [1.165, 1.54) is 116 Å². The van der Waals surface area contributed by atoms with Crippen LogP contribution >= 0.6 is 0 Å². The van der Waals surface area contributed by atoms with Gasteiger partial charge in [-0.05, 0) is 19.3 Å². The average Bonchev–Trinajstić information content (AvgIpc) is 3.01. The van der Waals surface area contributed by atoms with Crippen molar-refractivity contribution in [3.8, 4) is 0 Å². The van der Waals surface area contributed by atoms with Crippen LogP contribution in [0.15, 0.2) is 0 Å². The Kier molecular flexibility index (Phi) is 36.8. The van der Waals surface area contributed by atoms with E-state index < -0.39 is 0 Å². The molecule has 0 aliphatic heterocycles. The SMILES string of the molecule is CCCCCCCCCCCCOC[C@@H](COCCC(=O)NCCCOCCOC)OCCCCCCCCCCCC. The molecule has 1 atom stereocenters. The quantitative estimate of drug-likeness (QED) is 0.0704. The molecule has 0 fully saturated rings. The minimum atomic E-state index is -0.0750. The molecule has 0 aromatic rings. The van der Waals surface area contributed by atoms with Gasteiger partial charge in [-0.2, -0.15) is 0 Å². The molecular formula is C36H73NO6. The Bertz CT molecular complexity index is 536. The number of rotatable bonds is 37. The molecule has 0 aromatic carbocycles. The molecule has 0 saturated heterocycles. The van der Waals surface area contributed by atoms with Crippen LogP contribution in [0.5, 0.6) is 0 Å². The summed E-state index contributed by atoms with van der Waals surface area (Å²) in [5.74, 6) is 0.0110. The number of unbranched alkanes of at least 4 members (excludes halogenated alkanes) is 18. The van der Waals surface area contributed by atoms with Crippen molar-refractivity contribution in [3.63, 3.8) is 0 Å². The Morgan fingerprint density at radius 3 is 1.51 bits per heavy atom. The number of carbonyl (C=O) groups excluding carboxylic acids is 1. The summed E-state index contributed by atoms with van der Waals surface area (Å²) in [6, 6.07) is 0. The number of ether oxygens (including phenoxy) is 5. The molecule has 0 spiro atoms. The first-order chi connectivity index (χ1) is 21.2. The fourth-order valence-corrected chi connectivity index (χ4v) is 5.00. The average molecular weight is 616 g/mol. The molecule has 7 nitrogen and oxygen atoms in total. The second kappa shape index (κ2) is 37.5. The van der Waals surface area contributed by atoms with Crippen LogP contribution in [0.1, 0.15) is 155 Å². The number of methoxy groups -OCH3 is 1. The molecule has 0 bridgehead atoms. The van der Waals surface area contributed by atoms with Crippen LogP contribution in [0.4, 0.5) is 0 Å². The van der Waals surface area contributed by atoms with Gasteiger partial charge in [0.05, 0.1) is 33.0 Å².